The van der Waals surface area contributed by atoms with Gasteiger partial charge in [-0.3, -0.25) is 0 Å². The van der Waals surface area contributed by atoms with Crippen LogP contribution >= 0.6 is 23.2 Å². The summed E-state index contributed by atoms with van der Waals surface area (Å²) < 4.78 is 0. The molecule has 0 aliphatic carbocycles. The van der Waals surface area contributed by atoms with Gasteiger partial charge in [-0.1, -0.05) is 59.6 Å². The second kappa shape index (κ2) is 6.73. The molecule has 22 heavy (non-hydrogen) atoms. The highest BCUT2D eigenvalue weighted by molar-refractivity contribution is 6.37. The fourth-order valence-electron chi connectivity index (χ4n) is 2.09. The first-order valence-corrected chi connectivity index (χ1v) is 7.61. The zero-order valence-electron chi connectivity index (χ0n) is 11.7. The Morgan fingerprint density at radius 1 is 0.545 bits per heavy atom. The van der Waals surface area contributed by atoms with Crippen molar-refractivity contribution >= 4 is 46.0 Å². The summed E-state index contributed by atoms with van der Waals surface area (Å²) in [5.41, 5.74) is 3.47. The van der Waals surface area contributed by atoms with E-state index < -0.39 is 0 Å². The van der Waals surface area contributed by atoms with E-state index in [1.807, 2.05) is 72.8 Å². The van der Waals surface area contributed by atoms with Crippen LogP contribution in [0.2, 0.25) is 10.0 Å². The van der Waals surface area contributed by atoms with Gasteiger partial charge in [-0.05, 0) is 36.4 Å². The minimum atomic E-state index is 0.603. The van der Waals surface area contributed by atoms with Crippen LogP contribution in [0.25, 0.3) is 0 Å². The first kappa shape index (κ1) is 14.8. The van der Waals surface area contributed by atoms with Gasteiger partial charge in [-0.15, -0.1) is 0 Å². The lowest BCUT2D eigenvalue weighted by molar-refractivity contribution is 1.51. The van der Waals surface area contributed by atoms with Crippen molar-refractivity contribution in [2.45, 2.75) is 0 Å². The van der Waals surface area contributed by atoms with E-state index in [9.17, 15) is 0 Å². The van der Waals surface area contributed by atoms with E-state index in [2.05, 4.69) is 10.6 Å². The first-order valence-electron chi connectivity index (χ1n) is 6.85. The lowest BCUT2D eigenvalue weighted by Crippen LogP contribution is -1.95. The van der Waals surface area contributed by atoms with Crippen LogP contribution in [0, 0.1) is 0 Å². The predicted molar refractivity (Wildman–Crippen MR) is 95.9 cm³/mol. The van der Waals surface area contributed by atoms with Crippen LogP contribution in [-0.2, 0) is 0 Å². The molecule has 0 saturated carbocycles. The van der Waals surface area contributed by atoms with Crippen molar-refractivity contribution in [2.75, 3.05) is 10.6 Å². The zero-order valence-corrected chi connectivity index (χ0v) is 13.2. The molecule has 0 atom stereocenters. The molecule has 0 unspecified atom stereocenters. The Bertz CT molecular complexity index is 692. The van der Waals surface area contributed by atoms with E-state index in [1.165, 1.54) is 0 Å². The van der Waals surface area contributed by atoms with E-state index in [4.69, 9.17) is 23.2 Å². The van der Waals surface area contributed by atoms with Gasteiger partial charge in [0.1, 0.15) is 0 Å². The zero-order chi connectivity index (χ0) is 15.4. The van der Waals surface area contributed by atoms with Crippen LogP contribution in [0.4, 0.5) is 22.7 Å². The first-order chi connectivity index (χ1) is 10.7. The second-order valence-corrected chi connectivity index (χ2v) is 5.61. The molecule has 4 heteroatoms. The number of para-hydroxylation sites is 2. The molecule has 0 aliphatic rings. The molecule has 2 nitrogen and oxygen atoms in total. The van der Waals surface area contributed by atoms with Crippen LogP contribution in [0.1, 0.15) is 0 Å². The topological polar surface area (TPSA) is 24.1 Å². The Hall–Kier alpha value is -2.16. The number of anilines is 4. The fourth-order valence-corrected chi connectivity index (χ4v) is 2.51. The molecule has 0 aromatic heterocycles. The Balaban J connectivity index is 1.85. The van der Waals surface area contributed by atoms with Crippen LogP contribution in [0.3, 0.4) is 0 Å². The Kier molecular flexibility index (Phi) is 4.52. The van der Waals surface area contributed by atoms with Gasteiger partial charge < -0.3 is 10.6 Å². The smallest absolute Gasteiger partial charge is 0.0662 e. The molecule has 0 aliphatic heterocycles. The molecule has 0 radical (unpaired) electrons. The summed E-state index contributed by atoms with van der Waals surface area (Å²) in [5, 5.41) is 7.73. The molecule has 3 aromatic rings. The fraction of sp³-hybridized carbons (Fsp3) is 0. The number of nitrogens with one attached hydrogen (secondary N) is 2. The summed E-state index contributed by atoms with van der Waals surface area (Å²) in [6.07, 6.45) is 0. The van der Waals surface area contributed by atoms with Crippen molar-refractivity contribution in [3.05, 3.63) is 82.8 Å². The van der Waals surface area contributed by atoms with Crippen molar-refractivity contribution in [2.24, 2.45) is 0 Å². The summed E-state index contributed by atoms with van der Waals surface area (Å²) in [4.78, 5) is 0. The van der Waals surface area contributed by atoms with Gasteiger partial charge in [0.05, 0.1) is 21.4 Å². The summed E-state index contributed by atoms with van der Waals surface area (Å²) in [5.74, 6) is 0. The van der Waals surface area contributed by atoms with Gasteiger partial charge in [0, 0.05) is 11.4 Å². The summed E-state index contributed by atoms with van der Waals surface area (Å²) in [7, 11) is 0. The average molecular weight is 329 g/mol. The Morgan fingerprint density at radius 2 is 0.909 bits per heavy atom. The summed E-state index contributed by atoms with van der Waals surface area (Å²) >= 11 is 12.7. The molecule has 0 amide bonds. The van der Waals surface area contributed by atoms with Crippen LogP contribution in [0.15, 0.2) is 72.8 Å². The average Bonchev–Trinajstić information content (AvgIpc) is 2.54. The third-order valence-electron chi connectivity index (χ3n) is 3.16. The molecule has 110 valence electrons. The van der Waals surface area contributed by atoms with Gasteiger partial charge in [-0.2, -0.15) is 0 Å². The largest absolute Gasteiger partial charge is 0.354 e. The van der Waals surface area contributed by atoms with Gasteiger partial charge in [0.15, 0.2) is 0 Å². The normalized spacial score (nSPS) is 10.3. The van der Waals surface area contributed by atoms with E-state index in [0.29, 0.717) is 10.0 Å². The summed E-state index contributed by atoms with van der Waals surface area (Å²) in [6, 6.07) is 23.3. The molecule has 0 heterocycles. The standard InChI is InChI=1S/C18H14Cl2N2/c19-15-12-18(22-14-9-5-2-6-10-14)16(20)11-17(15)21-13-7-3-1-4-8-13/h1-12,21-22H. The van der Waals surface area contributed by atoms with E-state index in [-0.39, 0.29) is 0 Å². The second-order valence-electron chi connectivity index (χ2n) is 4.79. The minimum Gasteiger partial charge on any atom is -0.354 e. The number of halogens is 2. The molecule has 0 fully saturated rings. The van der Waals surface area contributed by atoms with Gasteiger partial charge in [0.25, 0.3) is 0 Å². The third-order valence-corrected chi connectivity index (χ3v) is 3.79. The van der Waals surface area contributed by atoms with Gasteiger partial charge in [0.2, 0.25) is 0 Å². The number of rotatable bonds is 4. The highest BCUT2D eigenvalue weighted by atomic mass is 35.5. The third kappa shape index (κ3) is 3.53. The maximum atomic E-state index is 6.36. The molecule has 3 aromatic carbocycles. The predicted octanol–water partition coefficient (Wildman–Crippen LogP) is 6.48. The lowest BCUT2D eigenvalue weighted by Gasteiger charge is -2.13. The van der Waals surface area contributed by atoms with Crippen molar-refractivity contribution in [1.82, 2.24) is 0 Å². The lowest BCUT2D eigenvalue weighted by atomic mass is 10.2. The van der Waals surface area contributed by atoms with Crippen molar-refractivity contribution in [3.8, 4) is 0 Å². The number of hydrogen-bond acceptors (Lipinski definition) is 2. The monoisotopic (exact) mass is 328 g/mol. The van der Waals surface area contributed by atoms with E-state index in [1.54, 1.807) is 0 Å². The van der Waals surface area contributed by atoms with Crippen molar-refractivity contribution in [1.29, 1.82) is 0 Å². The molecular weight excluding hydrogens is 315 g/mol. The Labute approximate surface area is 139 Å². The van der Waals surface area contributed by atoms with Crippen LogP contribution in [0.5, 0.6) is 0 Å². The molecule has 0 spiro atoms. The van der Waals surface area contributed by atoms with Crippen LogP contribution in [-0.4, -0.2) is 0 Å². The van der Waals surface area contributed by atoms with Gasteiger partial charge in [-0.25, -0.2) is 0 Å². The van der Waals surface area contributed by atoms with Crippen molar-refractivity contribution < 1.29 is 0 Å². The maximum Gasteiger partial charge on any atom is 0.0662 e. The summed E-state index contributed by atoms with van der Waals surface area (Å²) in [6.45, 7) is 0. The Morgan fingerprint density at radius 3 is 1.27 bits per heavy atom. The van der Waals surface area contributed by atoms with E-state index in [0.717, 1.165) is 22.7 Å². The maximum absolute atomic E-state index is 6.36. The van der Waals surface area contributed by atoms with Crippen molar-refractivity contribution in [3.63, 3.8) is 0 Å². The molecule has 0 bridgehead atoms. The highest BCUT2D eigenvalue weighted by Gasteiger charge is 2.08. The molecular formula is C18H14Cl2N2. The molecule has 2 N–H and O–H groups in total. The highest BCUT2D eigenvalue weighted by Crippen LogP contribution is 2.35. The minimum absolute atomic E-state index is 0.603. The molecule has 0 saturated heterocycles. The number of benzene rings is 3. The van der Waals surface area contributed by atoms with E-state index >= 15 is 0 Å². The SMILES string of the molecule is Clc1cc(Nc2ccccc2)c(Cl)cc1Nc1ccccc1. The quantitative estimate of drug-likeness (QED) is 0.572. The number of hydrogen-bond donors (Lipinski definition) is 2. The molecule has 3 rings (SSSR count). The van der Waals surface area contributed by atoms with Crippen LogP contribution < -0.4 is 10.6 Å². The van der Waals surface area contributed by atoms with Gasteiger partial charge >= 0.3 is 0 Å².